The van der Waals surface area contributed by atoms with Gasteiger partial charge in [0.2, 0.25) is 0 Å². The van der Waals surface area contributed by atoms with E-state index in [-0.39, 0.29) is 11.4 Å². The van der Waals surface area contributed by atoms with Gasteiger partial charge in [0.05, 0.1) is 16.1 Å². The molecule has 4 heteroatoms. The molecule has 0 amide bonds. The van der Waals surface area contributed by atoms with Gasteiger partial charge >= 0.3 is 0 Å². The minimum atomic E-state index is -1.23. The highest BCUT2D eigenvalue weighted by molar-refractivity contribution is 7.14. The monoisotopic (exact) mass is 274 g/mol. The second kappa shape index (κ2) is 5.03. The summed E-state index contributed by atoms with van der Waals surface area (Å²) in [5, 5.41) is 0.159. The molecule has 0 aliphatic rings. The zero-order valence-electron chi connectivity index (χ0n) is 12.5. The smallest absolute Gasteiger partial charge is 0.189 e. The highest BCUT2D eigenvalue weighted by Crippen LogP contribution is 2.34. The number of hydrogen-bond acceptors (Lipinski definition) is 0. The van der Waals surface area contributed by atoms with Crippen molar-refractivity contribution in [3.8, 4) is 0 Å². The lowest BCUT2D eigenvalue weighted by molar-refractivity contribution is 0.754. The molecule has 0 aromatic rings. The molecule has 94 valence electrons. The molecule has 0 aliphatic heterocycles. The molecule has 0 aromatic heterocycles. The van der Waals surface area contributed by atoms with Crippen LogP contribution in [0.4, 0.5) is 0 Å². The van der Waals surface area contributed by atoms with E-state index in [9.17, 15) is 0 Å². The maximum Gasteiger partial charge on any atom is 0.280 e. The largest absolute Gasteiger partial charge is 0.280 e. The fraction of sp³-hybridized carbons (Fsp3) is 0.833. The first-order valence-electron chi connectivity index (χ1n) is 6.13. The van der Waals surface area contributed by atoms with Gasteiger partial charge in [0.15, 0.2) is 0 Å². The Morgan fingerprint density at radius 3 is 1.44 bits per heavy atom. The standard InChI is InChI=1S/C12H28BClSi2/c1-12(2,3)13(14)10-11(15(4,5)6)16(7,8)9/h10H,1-9H3. The van der Waals surface area contributed by atoms with Gasteiger partial charge in [0.25, 0.3) is 6.13 Å². The van der Waals surface area contributed by atoms with E-state index >= 15 is 0 Å². The van der Waals surface area contributed by atoms with Gasteiger partial charge in [-0.05, 0) is 5.31 Å². The number of rotatable bonds is 3. The van der Waals surface area contributed by atoms with E-state index in [2.05, 4.69) is 66.0 Å². The molecule has 0 saturated heterocycles. The molecule has 0 aromatic carbocycles. The fourth-order valence-corrected chi connectivity index (χ4v) is 12.7. The molecular weight excluding hydrogens is 247 g/mol. The molecule has 0 N–H and O–H groups in total. The second-order valence-electron chi connectivity index (χ2n) is 7.85. The van der Waals surface area contributed by atoms with E-state index in [4.69, 9.17) is 11.5 Å². The Hall–Kier alpha value is 0.529. The molecule has 0 spiro atoms. The lowest BCUT2D eigenvalue weighted by atomic mass is 9.54. The predicted octanol–water partition coefficient (Wildman–Crippen LogP) is 5.24. The third kappa shape index (κ3) is 5.24. The van der Waals surface area contributed by atoms with Crippen LogP contribution in [0.15, 0.2) is 10.8 Å². The Morgan fingerprint density at radius 1 is 0.938 bits per heavy atom. The molecule has 0 atom stereocenters. The second-order valence-corrected chi connectivity index (χ2v) is 18.9. The Balaban J connectivity index is 5.32. The average Bonchev–Trinajstić information content (AvgIpc) is 1.92. The summed E-state index contributed by atoms with van der Waals surface area (Å²) in [6, 6.07) is 0. The summed E-state index contributed by atoms with van der Waals surface area (Å²) in [7, 11) is -2.45. The van der Waals surface area contributed by atoms with Crippen LogP contribution >= 0.6 is 11.5 Å². The van der Waals surface area contributed by atoms with Gasteiger partial charge in [0.1, 0.15) is 0 Å². The molecule has 16 heavy (non-hydrogen) atoms. The average molecular weight is 275 g/mol. The van der Waals surface area contributed by atoms with Gasteiger partial charge < -0.3 is 0 Å². The lowest BCUT2D eigenvalue weighted by Gasteiger charge is -2.33. The van der Waals surface area contributed by atoms with Gasteiger partial charge in [-0.1, -0.05) is 60.1 Å². The van der Waals surface area contributed by atoms with Crippen molar-refractivity contribution in [1.29, 1.82) is 0 Å². The first-order chi connectivity index (χ1) is 6.76. The Morgan fingerprint density at radius 2 is 1.25 bits per heavy atom. The van der Waals surface area contributed by atoms with Gasteiger partial charge in [-0.3, -0.25) is 0 Å². The van der Waals surface area contributed by atoms with E-state index in [1.54, 1.807) is 4.82 Å². The quantitative estimate of drug-likeness (QED) is 0.618. The fourth-order valence-electron chi connectivity index (χ4n) is 2.02. The Kier molecular flexibility index (Phi) is 5.20. The molecule has 0 rings (SSSR count). The number of hydrogen-bond donors (Lipinski definition) is 0. The van der Waals surface area contributed by atoms with Crippen molar-refractivity contribution in [2.24, 2.45) is 0 Å². The third-order valence-corrected chi connectivity index (χ3v) is 11.6. The van der Waals surface area contributed by atoms with Crippen LogP contribution in [-0.2, 0) is 0 Å². The minimum absolute atomic E-state index is 0.154. The highest BCUT2D eigenvalue weighted by Gasteiger charge is 2.34. The summed E-state index contributed by atoms with van der Waals surface area (Å²) >= 11 is 6.53. The molecule has 0 radical (unpaired) electrons. The van der Waals surface area contributed by atoms with Gasteiger partial charge in [-0.2, -0.15) is 11.5 Å². The SMILES string of the molecule is CC(C)(C)B(Cl)C=C([Si](C)(C)C)[Si](C)(C)C. The van der Waals surface area contributed by atoms with Gasteiger partial charge in [-0.25, -0.2) is 0 Å². The third-order valence-electron chi connectivity index (χ3n) is 2.76. The van der Waals surface area contributed by atoms with Crippen LogP contribution in [0.3, 0.4) is 0 Å². The van der Waals surface area contributed by atoms with Crippen LogP contribution in [0.1, 0.15) is 20.8 Å². The van der Waals surface area contributed by atoms with E-state index in [1.165, 1.54) is 0 Å². The Bertz CT molecular complexity index is 250. The zero-order valence-corrected chi connectivity index (χ0v) is 15.3. The molecular formula is C12H28BClSi2. The van der Waals surface area contributed by atoms with Crippen molar-refractivity contribution < 1.29 is 0 Å². The first-order valence-corrected chi connectivity index (χ1v) is 13.6. The lowest BCUT2D eigenvalue weighted by Crippen LogP contribution is -2.41. The zero-order chi connectivity index (χ0) is 13.4. The number of halogens is 1. The minimum Gasteiger partial charge on any atom is -0.189 e. The van der Waals surface area contributed by atoms with Gasteiger partial charge in [-0.15, -0.1) is 10.8 Å². The van der Waals surface area contributed by atoms with E-state index in [0.717, 1.165) is 0 Å². The van der Waals surface area contributed by atoms with Crippen molar-refractivity contribution in [2.45, 2.75) is 65.4 Å². The topological polar surface area (TPSA) is 0 Å². The molecule has 0 unspecified atom stereocenters. The highest BCUT2D eigenvalue weighted by atomic mass is 35.5. The predicted molar refractivity (Wildman–Crippen MR) is 86.1 cm³/mol. The van der Waals surface area contributed by atoms with Crippen LogP contribution in [0.25, 0.3) is 0 Å². The van der Waals surface area contributed by atoms with E-state index < -0.39 is 16.1 Å². The molecule has 0 bridgehead atoms. The van der Waals surface area contributed by atoms with Crippen LogP contribution < -0.4 is 0 Å². The van der Waals surface area contributed by atoms with E-state index in [0.29, 0.717) is 0 Å². The van der Waals surface area contributed by atoms with Gasteiger partial charge in [0, 0.05) is 0 Å². The maximum atomic E-state index is 6.53. The molecule has 0 saturated carbocycles. The molecule has 0 nitrogen and oxygen atoms in total. The van der Waals surface area contributed by atoms with Crippen LogP contribution in [0, 0.1) is 0 Å². The van der Waals surface area contributed by atoms with Crippen molar-refractivity contribution in [3.63, 3.8) is 0 Å². The Labute approximate surface area is 110 Å². The normalized spacial score (nSPS) is 13.6. The summed E-state index contributed by atoms with van der Waals surface area (Å²) in [5.41, 5.74) is 0. The molecule has 0 aliphatic carbocycles. The summed E-state index contributed by atoms with van der Waals surface area (Å²) < 4.78 is 0. The van der Waals surface area contributed by atoms with E-state index in [1.807, 2.05) is 0 Å². The first kappa shape index (κ1) is 16.5. The van der Waals surface area contributed by atoms with Crippen molar-refractivity contribution in [2.75, 3.05) is 0 Å². The van der Waals surface area contributed by atoms with Crippen LogP contribution in [0.5, 0.6) is 0 Å². The molecule has 0 fully saturated rings. The van der Waals surface area contributed by atoms with Crippen molar-refractivity contribution in [1.82, 2.24) is 0 Å². The summed E-state index contributed by atoms with van der Waals surface area (Å²) in [6.45, 7) is 21.2. The summed E-state index contributed by atoms with van der Waals surface area (Å²) in [5.74, 6) is 2.39. The molecule has 0 heterocycles. The summed E-state index contributed by atoms with van der Waals surface area (Å²) in [4.78, 5) is 1.72. The van der Waals surface area contributed by atoms with Crippen molar-refractivity contribution >= 4 is 33.7 Å². The van der Waals surface area contributed by atoms with Crippen LogP contribution in [0.2, 0.25) is 44.6 Å². The van der Waals surface area contributed by atoms with Crippen molar-refractivity contribution in [3.05, 3.63) is 10.8 Å². The van der Waals surface area contributed by atoms with Crippen LogP contribution in [-0.4, -0.2) is 22.3 Å². The summed E-state index contributed by atoms with van der Waals surface area (Å²) in [6.07, 6.45) is 0.154. The maximum absolute atomic E-state index is 6.53.